The van der Waals surface area contributed by atoms with Crippen molar-refractivity contribution in [1.29, 1.82) is 0 Å². The van der Waals surface area contributed by atoms with Crippen LogP contribution in [0.4, 0.5) is 0 Å². The zero-order valence-corrected chi connectivity index (χ0v) is 20.5. The van der Waals surface area contributed by atoms with E-state index in [1.165, 1.54) is 0 Å². The Balaban J connectivity index is 1.41. The fraction of sp³-hybridized carbons (Fsp3) is 0.519. The van der Waals surface area contributed by atoms with Gasteiger partial charge in [0.1, 0.15) is 6.10 Å². The summed E-state index contributed by atoms with van der Waals surface area (Å²) in [7, 11) is -3.78. The summed E-state index contributed by atoms with van der Waals surface area (Å²) in [6, 6.07) is 15.9. The molecule has 0 N–H and O–H groups in total. The van der Waals surface area contributed by atoms with Crippen molar-refractivity contribution in [3.63, 3.8) is 0 Å². The van der Waals surface area contributed by atoms with Gasteiger partial charge in [-0.1, -0.05) is 49.7 Å². The molecule has 33 heavy (non-hydrogen) atoms. The molecule has 0 bridgehead atoms. The van der Waals surface area contributed by atoms with E-state index in [4.69, 9.17) is 8.92 Å². The summed E-state index contributed by atoms with van der Waals surface area (Å²) < 4.78 is 36.8. The summed E-state index contributed by atoms with van der Waals surface area (Å²) in [6.45, 7) is 6.47. The molecule has 5 nitrogen and oxygen atoms in total. The average Bonchev–Trinajstić information content (AvgIpc) is 3.16. The fourth-order valence-corrected chi connectivity index (χ4v) is 7.10. The number of carbonyl (C=O) groups excluding carboxylic acids is 1. The topological polar surface area (TPSA) is 69.7 Å². The molecule has 5 unspecified atom stereocenters. The molecule has 2 aliphatic rings. The smallest absolute Gasteiger partial charge is 0.338 e. The zero-order valence-electron chi connectivity index (χ0n) is 19.7. The lowest BCUT2D eigenvalue weighted by atomic mass is 9.62. The van der Waals surface area contributed by atoms with Gasteiger partial charge in [0, 0.05) is 5.92 Å². The summed E-state index contributed by atoms with van der Waals surface area (Å²) >= 11 is 0. The van der Waals surface area contributed by atoms with Crippen LogP contribution >= 0.6 is 0 Å². The molecule has 0 radical (unpaired) electrons. The van der Waals surface area contributed by atoms with Gasteiger partial charge in [0.2, 0.25) is 0 Å². The van der Waals surface area contributed by atoms with Gasteiger partial charge in [-0.2, -0.15) is 8.42 Å². The molecule has 0 saturated heterocycles. The van der Waals surface area contributed by atoms with Gasteiger partial charge in [-0.25, -0.2) is 4.79 Å². The quantitative estimate of drug-likeness (QED) is 0.379. The first-order chi connectivity index (χ1) is 15.7. The van der Waals surface area contributed by atoms with Crippen LogP contribution < -0.4 is 0 Å². The largest absolute Gasteiger partial charge is 0.458 e. The molecule has 6 heteroatoms. The van der Waals surface area contributed by atoms with Crippen molar-refractivity contribution in [2.75, 3.05) is 6.61 Å². The Morgan fingerprint density at radius 1 is 1.06 bits per heavy atom. The molecule has 2 aromatic carbocycles. The number of esters is 1. The minimum absolute atomic E-state index is 0.0102. The molecule has 178 valence electrons. The minimum Gasteiger partial charge on any atom is -0.458 e. The predicted molar refractivity (Wildman–Crippen MR) is 127 cm³/mol. The molecule has 2 aliphatic carbocycles. The first-order valence-electron chi connectivity index (χ1n) is 11.9. The third kappa shape index (κ3) is 5.02. The van der Waals surface area contributed by atoms with Gasteiger partial charge < -0.3 is 4.74 Å². The Morgan fingerprint density at radius 3 is 2.45 bits per heavy atom. The van der Waals surface area contributed by atoms with E-state index in [0.717, 1.165) is 37.7 Å². The molecule has 5 atom stereocenters. The summed E-state index contributed by atoms with van der Waals surface area (Å²) in [5.74, 6) is 0.451. The van der Waals surface area contributed by atoms with Crippen LogP contribution in [-0.4, -0.2) is 27.1 Å². The second-order valence-corrected chi connectivity index (χ2v) is 11.6. The van der Waals surface area contributed by atoms with Crippen LogP contribution in [-0.2, 0) is 19.0 Å². The van der Waals surface area contributed by atoms with E-state index in [-0.39, 0.29) is 34.9 Å². The molecule has 4 rings (SSSR count). The molecule has 0 aromatic heterocycles. The molecule has 2 aromatic rings. The predicted octanol–water partition coefficient (Wildman–Crippen LogP) is 5.78. The highest BCUT2D eigenvalue weighted by molar-refractivity contribution is 7.86. The average molecular weight is 471 g/mol. The molecule has 2 fully saturated rings. The monoisotopic (exact) mass is 470 g/mol. The first kappa shape index (κ1) is 24.0. The van der Waals surface area contributed by atoms with Crippen LogP contribution in [0.2, 0.25) is 0 Å². The van der Waals surface area contributed by atoms with Gasteiger partial charge in [-0.05, 0) is 80.5 Å². The Bertz CT molecular complexity index is 1060. The highest BCUT2D eigenvalue weighted by atomic mass is 32.2. The zero-order chi connectivity index (χ0) is 23.6. The van der Waals surface area contributed by atoms with Gasteiger partial charge in [-0.3, -0.25) is 4.18 Å². The fourth-order valence-electron chi connectivity index (χ4n) is 6.10. The molecule has 2 saturated carbocycles. The van der Waals surface area contributed by atoms with Gasteiger partial charge in [0.05, 0.1) is 17.1 Å². The number of fused-ring (bicyclic) bond motifs is 1. The lowest BCUT2D eigenvalue weighted by molar-refractivity contribution is -0.0490. The van der Waals surface area contributed by atoms with Crippen LogP contribution in [0.1, 0.15) is 61.9 Å². The highest BCUT2D eigenvalue weighted by Gasteiger charge is 2.53. The molecule has 0 aliphatic heterocycles. The standard InChI is InChI=1S/C27H34O5S/c1-19-11-13-22(14-12-19)33(29,30)31-18-20(2)23-15-16-24-25(10-7-17-27(23,24)3)32-26(28)21-8-5-4-6-9-21/h4-6,8-9,11-14,20,23-25H,7,10,15-18H2,1-3H3. The van der Waals surface area contributed by atoms with Crippen molar-refractivity contribution in [2.45, 2.75) is 63.9 Å². The molecular formula is C27H34O5S. The second-order valence-electron chi connectivity index (χ2n) is 10.0. The maximum atomic E-state index is 12.7. The third-order valence-electron chi connectivity index (χ3n) is 7.89. The number of hydrogen-bond acceptors (Lipinski definition) is 5. The van der Waals surface area contributed by atoms with Gasteiger partial charge in [0.15, 0.2) is 0 Å². The highest BCUT2D eigenvalue weighted by Crippen LogP contribution is 2.58. The Hall–Kier alpha value is -2.18. The Labute approximate surface area is 197 Å². The summed E-state index contributed by atoms with van der Waals surface area (Å²) in [4.78, 5) is 12.9. The number of ether oxygens (including phenoxy) is 1. The molecule has 0 amide bonds. The van der Waals surface area contributed by atoms with Crippen molar-refractivity contribution in [2.24, 2.45) is 23.2 Å². The third-order valence-corrected chi connectivity index (χ3v) is 9.18. The van der Waals surface area contributed by atoms with Crippen LogP contribution in [0.3, 0.4) is 0 Å². The lowest BCUT2D eigenvalue weighted by Gasteiger charge is -2.46. The SMILES string of the molecule is Cc1ccc(S(=O)(=O)OCC(C)C2CCC3C(OC(=O)c4ccccc4)CCCC23C)cc1. The van der Waals surface area contributed by atoms with E-state index in [1.54, 1.807) is 36.4 Å². The number of benzene rings is 2. The number of aryl methyl sites for hydroxylation is 1. The van der Waals surface area contributed by atoms with Crippen LogP contribution in [0.15, 0.2) is 59.5 Å². The van der Waals surface area contributed by atoms with Crippen molar-refractivity contribution in [3.05, 3.63) is 65.7 Å². The van der Waals surface area contributed by atoms with Crippen molar-refractivity contribution < 1.29 is 22.1 Å². The van der Waals surface area contributed by atoms with E-state index in [0.29, 0.717) is 17.4 Å². The Kier molecular flexibility index (Phi) is 6.96. The van der Waals surface area contributed by atoms with Crippen LogP contribution in [0, 0.1) is 30.1 Å². The van der Waals surface area contributed by atoms with E-state index in [9.17, 15) is 13.2 Å². The van der Waals surface area contributed by atoms with E-state index < -0.39 is 10.1 Å². The minimum atomic E-state index is -3.78. The molecule has 0 heterocycles. The van der Waals surface area contributed by atoms with Crippen molar-refractivity contribution in [1.82, 2.24) is 0 Å². The van der Waals surface area contributed by atoms with E-state index >= 15 is 0 Å². The lowest BCUT2D eigenvalue weighted by Crippen LogP contribution is -2.43. The summed E-state index contributed by atoms with van der Waals surface area (Å²) in [5, 5.41) is 0. The van der Waals surface area contributed by atoms with Gasteiger partial charge in [0.25, 0.3) is 10.1 Å². The van der Waals surface area contributed by atoms with E-state index in [1.807, 2.05) is 25.1 Å². The number of rotatable bonds is 7. The van der Waals surface area contributed by atoms with Gasteiger partial charge >= 0.3 is 5.97 Å². The summed E-state index contributed by atoms with van der Waals surface area (Å²) in [6.07, 6.45) is 4.85. The Morgan fingerprint density at radius 2 is 1.76 bits per heavy atom. The van der Waals surface area contributed by atoms with Crippen molar-refractivity contribution in [3.8, 4) is 0 Å². The number of hydrogen-bond donors (Lipinski definition) is 0. The first-order valence-corrected chi connectivity index (χ1v) is 13.3. The van der Waals surface area contributed by atoms with Crippen LogP contribution in [0.25, 0.3) is 0 Å². The second kappa shape index (κ2) is 9.59. The van der Waals surface area contributed by atoms with Crippen LogP contribution in [0.5, 0.6) is 0 Å². The summed E-state index contributed by atoms with van der Waals surface area (Å²) in [5.41, 5.74) is 1.60. The maximum Gasteiger partial charge on any atom is 0.338 e. The number of carbonyl (C=O) groups is 1. The van der Waals surface area contributed by atoms with E-state index in [2.05, 4.69) is 13.8 Å². The van der Waals surface area contributed by atoms with Gasteiger partial charge in [-0.15, -0.1) is 0 Å². The van der Waals surface area contributed by atoms with Crippen molar-refractivity contribution >= 4 is 16.1 Å². The molecular weight excluding hydrogens is 436 g/mol. The molecule has 0 spiro atoms. The normalized spacial score (nSPS) is 28.2. The maximum absolute atomic E-state index is 12.7.